The Hall–Kier alpha value is -1.50. The molecule has 1 aromatic heterocycles. The zero-order valence-electron chi connectivity index (χ0n) is 13.7. The Kier molecular flexibility index (Phi) is 6.95. The molecule has 1 aliphatic rings. The van der Waals surface area contributed by atoms with E-state index in [1.165, 1.54) is 0 Å². The molecule has 1 aromatic rings. The minimum absolute atomic E-state index is 0.0664. The predicted octanol–water partition coefficient (Wildman–Crippen LogP) is 2.44. The molecule has 23 heavy (non-hydrogen) atoms. The molecule has 1 saturated heterocycles. The molecule has 6 nitrogen and oxygen atoms in total. The Morgan fingerprint density at radius 3 is 3.04 bits per heavy atom. The van der Waals surface area contributed by atoms with Crippen molar-refractivity contribution in [2.45, 2.75) is 26.2 Å². The summed E-state index contributed by atoms with van der Waals surface area (Å²) in [7, 11) is 1.76. The first-order valence-electron chi connectivity index (χ1n) is 8.00. The molecule has 1 fully saturated rings. The summed E-state index contributed by atoms with van der Waals surface area (Å²) in [5, 5.41) is 3.34. The van der Waals surface area contributed by atoms with Crippen molar-refractivity contribution < 1.29 is 13.9 Å². The molecule has 0 saturated carbocycles. The number of carbonyl (C=O) groups excluding carboxylic acids is 1. The lowest BCUT2D eigenvalue weighted by Gasteiger charge is -2.33. The van der Waals surface area contributed by atoms with Crippen molar-refractivity contribution in [3.05, 3.63) is 22.6 Å². The van der Waals surface area contributed by atoms with E-state index in [4.69, 9.17) is 9.15 Å². The monoisotopic (exact) mass is 385 g/mol. The lowest BCUT2D eigenvalue weighted by Crippen LogP contribution is -2.48. The van der Waals surface area contributed by atoms with Crippen LogP contribution >= 0.6 is 15.9 Å². The van der Waals surface area contributed by atoms with Gasteiger partial charge in [0.2, 0.25) is 0 Å². The van der Waals surface area contributed by atoms with Gasteiger partial charge in [-0.1, -0.05) is 0 Å². The number of ether oxygens (including phenoxy) is 1. The number of nitrogens with zero attached hydrogens (tertiary/aromatic N) is 2. The van der Waals surface area contributed by atoms with Crippen molar-refractivity contribution in [2.24, 2.45) is 10.9 Å². The summed E-state index contributed by atoms with van der Waals surface area (Å²) in [6.07, 6.45) is 2.63. The second-order valence-electron chi connectivity index (χ2n) is 5.47. The van der Waals surface area contributed by atoms with Crippen molar-refractivity contribution in [3.8, 4) is 0 Å². The van der Waals surface area contributed by atoms with Crippen LogP contribution in [0.15, 0.2) is 26.2 Å². The number of guanidine groups is 1. The number of carbonyl (C=O) groups is 1. The molecule has 1 N–H and O–H groups in total. The van der Waals surface area contributed by atoms with Gasteiger partial charge in [0.05, 0.1) is 12.5 Å². The fourth-order valence-electron chi connectivity index (χ4n) is 2.74. The van der Waals surface area contributed by atoms with Crippen LogP contribution in [0.1, 0.15) is 25.5 Å². The van der Waals surface area contributed by atoms with Crippen molar-refractivity contribution in [1.29, 1.82) is 0 Å². The number of piperidine rings is 1. The van der Waals surface area contributed by atoms with E-state index >= 15 is 0 Å². The van der Waals surface area contributed by atoms with E-state index < -0.39 is 0 Å². The van der Waals surface area contributed by atoms with Crippen LogP contribution in [0.3, 0.4) is 0 Å². The van der Waals surface area contributed by atoms with Crippen molar-refractivity contribution >= 4 is 27.9 Å². The molecule has 1 aliphatic heterocycles. The van der Waals surface area contributed by atoms with Crippen LogP contribution in [0.4, 0.5) is 0 Å². The highest BCUT2D eigenvalue weighted by Gasteiger charge is 2.28. The smallest absolute Gasteiger partial charge is 0.310 e. The summed E-state index contributed by atoms with van der Waals surface area (Å²) in [5.74, 6) is 1.57. The highest BCUT2D eigenvalue weighted by Crippen LogP contribution is 2.18. The van der Waals surface area contributed by atoms with Gasteiger partial charge in [-0.2, -0.15) is 0 Å². The first-order valence-corrected chi connectivity index (χ1v) is 8.79. The van der Waals surface area contributed by atoms with Gasteiger partial charge in [-0.3, -0.25) is 9.79 Å². The van der Waals surface area contributed by atoms with Gasteiger partial charge >= 0.3 is 5.97 Å². The molecule has 7 heteroatoms. The van der Waals surface area contributed by atoms with E-state index in [1.807, 2.05) is 19.1 Å². The topological polar surface area (TPSA) is 67.1 Å². The van der Waals surface area contributed by atoms with Gasteiger partial charge in [-0.15, -0.1) is 0 Å². The first kappa shape index (κ1) is 17.8. The maximum Gasteiger partial charge on any atom is 0.310 e. The average Bonchev–Trinajstić information content (AvgIpc) is 2.97. The Bertz CT molecular complexity index is 544. The second kappa shape index (κ2) is 8.96. The van der Waals surface area contributed by atoms with E-state index in [9.17, 15) is 4.79 Å². The van der Waals surface area contributed by atoms with Crippen LogP contribution in [0.5, 0.6) is 0 Å². The lowest BCUT2D eigenvalue weighted by atomic mass is 9.98. The number of hydrogen-bond acceptors (Lipinski definition) is 4. The third-order valence-electron chi connectivity index (χ3n) is 3.84. The van der Waals surface area contributed by atoms with Crippen LogP contribution in [0, 0.1) is 5.92 Å². The van der Waals surface area contributed by atoms with Gasteiger partial charge in [-0.25, -0.2) is 0 Å². The lowest BCUT2D eigenvalue weighted by molar-refractivity contribution is -0.149. The van der Waals surface area contributed by atoms with Gasteiger partial charge in [0.25, 0.3) is 0 Å². The Labute approximate surface area is 145 Å². The predicted molar refractivity (Wildman–Crippen MR) is 92.4 cm³/mol. The zero-order valence-corrected chi connectivity index (χ0v) is 15.3. The number of aliphatic imine (C=N–C) groups is 1. The van der Waals surface area contributed by atoms with Crippen molar-refractivity contribution in [1.82, 2.24) is 10.2 Å². The number of furan rings is 1. The van der Waals surface area contributed by atoms with E-state index in [0.717, 1.165) is 48.7 Å². The number of hydrogen-bond donors (Lipinski definition) is 1. The van der Waals surface area contributed by atoms with Gasteiger partial charge < -0.3 is 19.4 Å². The maximum absolute atomic E-state index is 11.9. The number of likely N-dealkylation sites (tertiary alicyclic amines) is 1. The molecule has 0 bridgehead atoms. The zero-order chi connectivity index (χ0) is 16.7. The molecule has 0 aliphatic carbocycles. The third kappa shape index (κ3) is 5.27. The quantitative estimate of drug-likeness (QED) is 0.478. The van der Waals surface area contributed by atoms with Crippen molar-refractivity contribution in [2.75, 3.05) is 33.3 Å². The van der Waals surface area contributed by atoms with Crippen LogP contribution in [0.2, 0.25) is 0 Å². The molecule has 0 amide bonds. The summed E-state index contributed by atoms with van der Waals surface area (Å²) in [6, 6.07) is 3.84. The molecule has 0 aromatic carbocycles. The fraction of sp³-hybridized carbons (Fsp3) is 0.625. The molecule has 1 atom stereocenters. The molecule has 2 rings (SSSR count). The van der Waals surface area contributed by atoms with E-state index in [2.05, 4.69) is 31.1 Å². The third-order valence-corrected chi connectivity index (χ3v) is 4.26. The van der Waals surface area contributed by atoms with Crippen LogP contribution in [0.25, 0.3) is 0 Å². The van der Waals surface area contributed by atoms with Crippen LogP contribution in [-0.2, 0) is 16.0 Å². The summed E-state index contributed by atoms with van der Waals surface area (Å²) in [5.41, 5.74) is 0. The average molecular weight is 386 g/mol. The van der Waals surface area contributed by atoms with Crippen LogP contribution in [-0.4, -0.2) is 50.1 Å². The molecular formula is C16H24BrN3O3. The summed E-state index contributed by atoms with van der Waals surface area (Å²) in [4.78, 5) is 18.4. The molecule has 0 unspecified atom stereocenters. The number of rotatable bonds is 5. The minimum atomic E-state index is -0.104. The molecular weight excluding hydrogens is 362 g/mol. The Morgan fingerprint density at radius 1 is 1.57 bits per heavy atom. The second-order valence-corrected chi connectivity index (χ2v) is 6.25. The van der Waals surface area contributed by atoms with Crippen molar-refractivity contribution in [3.63, 3.8) is 0 Å². The molecule has 128 valence electrons. The number of nitrogens with one attached hydrogen (secondary N) is 1. The van der Waals surface area contributed by atoms with Gasteiger partial charge in [0.15, 0.2) is 10.6 Å². The highest BCUT2D eigenvalue weighted by molar-refractivity contribution is 9.10. The summed E-state index contributed by atoms with van der Waals surface area (Å²) < 4.78 is 11.4. The molecule has 0 radical (unpaired) electrons. The molecule has 0 spiro atoms. The number of halogens is 1. The van der Waals surface area contributed by atoms with Gasteiger partial charge in [0.1, 0.15) is 5.76 Å². The fourth-order valence-corrected chi connectivity index (χ4v) is 3.08. The Morgan fingerprint density at radius 2 is 2.39 bits per heavy atom. The first-order chi connectivity index (χ1) is 11.1. The summed E-state index contributed by atoms with van der Waals surface area (Å²) in [6.45, 7) is 4.56. The largest absolute Gasteiger partial charge is 0.466 e. The molecule has 2 heterocycles. The van der Waals surface area contributed by atoms with Gasteiger partial charge in [-0.05, 0) is 47.8 Å². The normalized spacial score (nSPS) is 18.8. The van der Waals surface area contributed by atoms with Gasteiger partial charge in [0, 0.05) is 33.1 Å². The van der Waals surface area contributed by atoms with E-state index in [-0.39, 0.29) is 11.9 Å². The number of esters is 1. The van der Waals surface area contributed by atoms with E-state index in [0.29, 0.717) is 13.2 Å². The summed E-state index contributed by atoms with van der Waals surface area (Å²) >= 11 is 3.30. The SMILES string of the molecule is CCOC(=O)[C@@H]1CCCN(C(=NC)NCCc2ccc(Br)o2)C1. The van der Waals surface area contributed by atoms with E-state index in [1.54, 1.807) is 7.05 Å². The minimum Gasteiger partial charge on any atom is -0.466 e. The highest BCUT2D eigenvalue weighted by atomic mass is 79.9. The maximum atomic E-state index is 11.9. The Balaban J connectivity index is 1.83. The standard InChI is InChI=1S/C16H24BrN3O3/c1-3-22-15(21)12-5-4-10-20(11-12)16(18-2)19-9-8-13-6-7-14(17)23-13/h6-7,12H,3-5,8-11H2,1-2H3,(H,18,19)/t12-/m1/s1. The van der Waals surface area contributed by atoms with Crippen LogP contribution < -0.4 is 5.32 Å².